The summed E-state index contributed by atoms with van der Waals surface area (Å²) in [6.07, 6.45) is 0. The molecule has 26 valence electrons. The number of hydrogen-bond acceptors (Lipinski definition) is 0. The Kier molecular flexibility index (Phi) is 13.1. The van der Waals surface area contributed by atoms with Gasteiger partial charge in [-0.2, -0.15) is 0 Å². The standard InChI is InChI=1S/3ClH.In.Li.H/h3*1H;;;/q;;;+3;+1;-1/p-3. The van der Waals surface area contributed by atoms with Crippen molar-refractivity contribution in [3.05, 3.63) is 0 Å². The summed E-state index contributed by atoms with van der Waals surface area (Å²) in [5.74, 6) is 0. The maximum atomic E-state index is 5.02. The SMILES string of the molecule is [Cl][In]([Cl])[Cl].[H-].[Li+]. The van der Waals surface area contributed by atoms with E-state index in [1.807, 2.05) is 0 Å². The van der Waals surface area contributed by atoms with Gasteiger partial charge in [0.1, 0.15) is 0 Å². The van der Waals surface area contributed by atoms with E-state index >= 15 is 0 Å². The molecule has 0 rings (SSSR count). The van der Waals surface area contributed by atoms with Crippen LogP contribution in [0.2, 0.25) is 0 Å². The van der Waals surface area contributed by atoms with Crippen LogP contribution in [0, 0.1) is 0 Å². The summed E-state index contributed by atoms with van der Waals surface area (Å²) in [5, 5.41) is 0. The van der Waals surface area contributed by atoms with E-state index in [1.54, 1.807) is 0 Å². The van der Waals surface area contributed by atoms with Crippen LogP contribution in [0.15, 0.2) is 0 Å². The summed E-state index contributed by atoms with van der Waals surface area (Å²) in [6, 6.07) is 0. The van der Waals surface area contributed by atoms with Crippen molar-refractivity contribution in [3.63, 3.8) is 0 Å². The molecule has 0 aromatic carbocycles. The molecule has 0 nitrogen and oxygen atoms in total. The Labute approximate surface area is 63.1 Å². The van der Waals surface area contributed by atoms with Crippen LogP contribution in [0.25, 0.3) is 0 Å². The van der Waals surface area contributed by atoms with Crippen LogP contribution < -0.4 is 18.9 Å². The van der Waals surface area contributed by atoms with E-state index in [0.717, 1.165) is 0 Å². The summed E-state index contributed by atoms with van der Waals surface area (Å²) in [6.45, 7) is 0. The molecule has 0 spiro atoms. The summed E-state index contributed by atoms with van der Waals surface area (Å²) >= 11 is -2.22. The predicted octanol–water partition coefficient (Wildman–Crippen LogP) is -1.20. The van der Waals surface area contributed by atoms with E-state index in [9.17, 15) is 0 Å². The normalized spacial score (nSPS) is 5.40. The molecule has 0 atom stereocenters. The van der Waals surface area contributed by atoms with Crippen molar-refractivity contribution in [3.8, 4) is 0 Å². The van der Waals surface area contributed by atoms with E-state index in [4.69, 9.17) is 25.7 Å². The Balaban J connectivity index is -0.0000000450. The van der Waals surface area contributed by atoms with Gasteiger partial charge in [-0.3, -0.25) is 0 Å². The van der Waals surface area contributed by atoms with Gasteiger partial charge in [0.25, 0.3) is 0 Å². The second-order valence-electron chi connectivity index (χ2n) is 0.247. The Hall–Kier alpha value is 2.34. The van der Waals surface area contributed by atoms with E-state index in [2.05, 4.69) is 0 Å². The van der Waals surface area contributed by atoms with Gasteiger partial charge in [-0.25, -0.2) is 0 Å². The quantitative estimate of drug-likeness (QED) is 0.458. The molecule has 0 saturated carbocycles. The predicted molar refractivity (Wildman–Crippen MR) is 24.4 cm³/mol. The van der Waals surface area contributed by atoms with Gasteiger partial charge in [-0.15, -0.1) is 0 Å². The zero-order valence-electron chi connectivity index (χ0n) is 3.71. The second-order valence-corrected chi connectivity index (χ2v) is 14.9. The first-order valence-corrected chi connectivity index (χ1v) is 13.2. The van der Waals surface area contributed by atoms with Gasteiger partial charge in [0, 0.05) is 0 Å². The first kappa shape index (κ1) is 10.3. The van der Waals surface area contributed by atoms with Gasteiger partial charge in [0.15, 0.2) is 0 Å². The van der Waals surface area contributed by atoms with Crippen molar-refractivity contribution >= 4 is 43.6 Å². The molecule has 0 aromatic rings. The van der Waals surface area contributed by atoms with Crippen LogP contribution >= 0.6 is 25.7 Å². The average molecular weight is 229 g/mol. The van der Waals surface area contributed by atoms with Crippen LogP contribution in [0.1, 0.15) is 1.43 Å². The largest absolute Gasteiger partial charge is 1.00 e. The molecule has 0 fully saturated rings. The monoisotopic (exact) mass is 228 g/mol. The van der Waals surface area contributed by atoms with E-state index in [1.165, 1.54) is 0 Å². The first-order chi connectivity index (χ1) is 1.73. The van der Waals surface area contributed by atoms with Crippen molar-refractivity contribution in [2.75, 3.05) is 0 Å². The maximum absolute atomic E-state index is 5.02. The molecule has 0 aromatic heterocycles. The van der Waals surface area contributed by atoms with Gasteiger partial charge in [-0.05, 0) is 0 Å². The van der Waals surface area contributed by atoms with Crippen molar-refractivity contribution in [1.29, 1.82) is 0 Å². The minimum absolute atomic E-state index is 0. The van der Waals surface area contributed by atoms with E-state index in [-0.39, 0.29) is 20.3 Å². The van der Waals surface area contributed by atoms with Crippen molar-refractivity contribution in [2.45, 2.75) is 0 Å². The molecule has 5 heavy (non-hydrogen) atoms. The van der Waals surface area contributed by atoms with Crippen LogP contribution in [0.4, 0.5) is 0 Å². The number of hydrogen-bond donors (Lipinski definition) is 0. The molecular weight excluding hydrogens is 228 g/mol. The van der Waals surface area contributed by atoms with Gasteiger partial charge in [0.2, 0.25) is 0 Å². The molecule has 0 unspecified atom stereocenters. The molecule has 0 saturated heterocycles. The molecule has 0 bridgehead atoms. The molecule has 0 aliphatic heterocycles. The number of halogens is 3. The fourth-order valence-corrected chi connectivity index (χ4v) is 0. The molecule has 0 radical (unpaired) electrons. The smallest absolute Gasteiger partial charge is 1.00 e. The third kappa shape index (κ3) is 21.8. The molecule has 5 heteroatoms. The topological polar surface area (TPSA) is 0 Å². The minimum atomic E-state index is -2.22. The fourth-order valence-electron chi connectivity index (χ4n) is 0. The third-order valence-corrected chi connectivity index (χ3v) is 0. The average Bonchev–Trinajstić information content (AvgIpc) is 0.811. The van der Waals surface area contributed by atoms with E-state index < -0.39 is 17.9 Å². The van der Waals surface area contributed by atoms with Crippen LogP contribution in [-0.4, -0.2) is 17.9 Å². The molecule has 0 aliphatic carbocycles. The second kappa shape index (κ2) is 6.34. The Morgan fingerprint density at radius 3 is 1.20 bits per heavy atom. The van der Waals surface area contributed by atoms with Crippen molar-refractivity contribution < 1.29 is 20.3 Å². The Morgan fingerprint density at radius 1 is 1.20 bits per heavy atom. The van der Waals surface area contributed by atoms with E-state index in [0.29, 0.717) is 0 Å². The van der Waals surface area contributed by atoms with Gasteiger partial charge < -0.3 is 1.43 Å². The van der Waals surface area contributed by atoms with Gasteiger partial charge in [-0.1, -0.05) is 0 Å². The van der Waals surface area contributed by atoms with Crippen molar-refractivity contribution in [1.82, 2.24) is 0 Å². The summed E-state index contributed by atoms with van der Waals surface area (Å²) in [7, 11) is 15.0. The summed E-state index contributed by atoms with van der Waals surface area (Å²) in [5.41, 5.74) is 0. The van der Waals surface area contributed by atoms with Crippen LogP contribution in [0.5, 0.6) is 0 Å². The third-order valence-electron chi connectivity index (χ3n) is 0. The minimum Gasteiger partial charge on any atom is -1.00 e. The zero-order valence-corrected chi connectivity index (χ0v) is 8.27. The van der Waals surface area contributed by atoms with Crippen LogP contribution in [-0.2, 0) is 0 Å². The number of rotatable bonds is 0. The van der Waals surface area contributed by atoms with Gasteiger partial charge in [0.05, 0.1) is 0 Å². The zero-order chi connectivity index (χ0) is 3.58. The molecule has 0 aliphatic rings. The fraction of sp³-hybridized carbons (Fsp3) is 0. The molecular formula is HCl3InLi. The summed E-state index contributed by atoms with van der Waals surface area (Å²) in [4.78, 5) is 0. The molecule has 0 N–H and O–H groups in total. The first-order valence-electron chi connectivity index (χ1n) is 0.655. The Bertz CT molecular complexity index is 15.5. The van der Waals surface area contributed by atoms with Gasteiger partial charge >= 0.3 is 62.5 Å². The summed E-state index contributed by atoms with van der Waals surface area (Å²) < 4.78 is 0. The van der Waals surface area contributed by atoms with Crippen molar-refractivity contribution in [2.24, 2.45) is 0 Å². The Morgan fingerprint density at radius 2 is 1.20 bits per heavy atom. The molecule has 0 amide bonds. The maximum Gasteiger partial charge on any atom is 1.00 e. The van der Waals surface area contributed by atoms with Crippen LogP contribution in [0.3, 0.4) is 0 Å². The molecule has 0 heterocycles.